The van der Waals surface area contributed by atoms with Crippen molar-refractivity contribution in [1.82, 2.24) is 20.2 Å². The lowest BCUT2D eigenvalue weighted by atomic mass is 10.2. The summed E-state index contributed by atoms with van der Waals surface area (Å²) in [6, 6.07) is 4.03. The molecule has 0 spiro atoms. The van der Waals surface area contributed by atoms with Gasteiger partial charge in [0, 0.05) is 12.3 Å². The van der Waals surface area contributed by atoms with Gasteiger partial charge < -0.3 is 10.1 Å². The number of nitrogens with zero attached hydrogens (tertiary/aromatic N) is 4. The molecule has 2 heterocycles. The van der Waals surface area contributed by atoms with Crippen LogP contribution in [0.5, 0.6) is 0 Å². The normalized spacial score (nSPS) is 18.3. The Balaban J connectivity index is 1.59. The van der Waals surface area contributed by atoms with Crippen LogP contribution in [0, 0.1) is 5.82 Å². The average molecular weight is 386 g/mol. The van der Waals surface area contributed by atoms with Crippen molar-refractivity contribution in [1.29, 1.82) is 0 Å². The fourth-order valence-corrected chi connectivity index (χ4v) is 3.39. The number of carbonyl (C=O) groups excluding carboxylic acids is 1. The third-order valence-corrected chi connectivity index (χ3v) is 5.10. The van der Waals surface area contributed by atoms with Crippen molar-refractivity contribution in [3.8, 4) is 0 Å². The molecule has 1 fully saturated rings. The molecule has 0 saturated carbocycles. The number of benzene rings is 1. The van der Waals surface area contributed by atoms with Gasteiger partial charge in [-0.25, -0.2) is 9.07 Å². The third-order valence-electron chi connectivity index (χ3n) is 3.74. The molecule has 0 unspecified atom stereocenters. The molecule has 0 radical (unpaired) electrons. The summed E-state index contributed by atoms with van der Waals surface area (Å²) in [6.07, 6.45) is 2.12. The average Bonchev–Trinajstić information content (AvgIpc) is 3.24. The fraction of sp³-hybridized carbons (Fsp3) is 0.467. The fourth-order valence-electron chi connectivity index (χ4n) is 2.41. The lowest BCUT2D eigenvalue weighted by Gasteiger charge is -2.13. The maximum atomic E-state index is 13.2. The summed E-state index contributed by atoms with van der Waals surface area (Å²) in [7, 11) is 0. The van der Waals surface area contributed by atoms with E-state index in [9.17, 15) is 9.18 Å². The van der Waals surface area contributed by atoms with Gasteiger partial charge in [-0.05, 0) is 48.4 Å². The number of hydrogen-bond acceptors (Lipinski definition) is 6. The smallest absolute Gasteiger partial charge is 0.237 e. The van der Waals surface area contributed by atoms with Crippen molar-refractivity contribution < 1.29 is 13.9 Å². The van der Waals surface area contributed by atoms with Gasteiger partial charge in [0.1, 0.15) is 5.82 Å². The van der Waals surface area contributed by atoms with E-state index in [2.05, 4.69) is 20.8 Å². The molecular weight excluding hydrogens is 369 g/mol. The molecule has 10 heteroatoms. The highest BCUT2D eigenvalue weighted by Crippen LogP contribution is 2.24. The Bertz CT molecular complexity index is 753. The Morgan fingerprint density at radius 1 is 1.60 bits per heavy atom. The first-order valence-electron chi connectivity index (χ1n) is 7.83. The number of hydrogen-bond donors (Lipinski definition) is 1. The molecule has 2 aromatic rings. The molecule has 1 N–H and O–H groups in total. The summed E-state index contributed by atoms with van der Waals surface area (Å²) in [5, 5.41) is 14.4. The Kier molecular flexibility index (Phi) is 5.87. The first-order chi connectivity index (χ1) is 12.0. The van der Waals surface area contributed by atoms with E-state index in [1.54, 1.807) is 11.6 Å². The third kappa shape index (κ3) is 4.68. The van der Waals surface area contributed by atoms with Crippen LogP contribution in [0.1, 0.15) is 19.8 Å². The SMILES string of the molecule is C[C@@H](Sc1nnnn1C[C@@H]1CCCO1)C(=O)Nc1ccc(F)c(Cl)c1. The second-order valence-electron chi connectivity index (χ2n) is 5.66. The summed E-state index contributed by atoms with van der Waals surface area (Å²) in [5.41, 5.74) is 0.433. The molecule has 1 aromatic heterocycles. The Hall–Kier alpha value is -1.71. The second-order valence-corrected chi connectivity index (χ2v) is 7.37. The van der Waals surface area contributed by atoms with E-state index in [1.807, 2.05) is 0 Å². The highest BCUT2D eigenvalue weighted by atomic mass is 35.5. The van der Waals surface area contributed by atoms with Crippen LogP contribution in [0.2, 0.25) is 5.02 Å². The van der Waals surface area contributed by atoms with Crippen molar-refractivity contribution in [3.63, 3.8) is 0 Å². The minimum absolute atomic E-state index is 0.0430. The Labute approximate surface area is 153 Å². The highest BCUT2D eigenvalue weighted by Gasteiger charge is 2.22. The number of tetrazole rings is 1. The van der Waals surface area contributed by atoms with Crippen molar-refractivity contribution >= 4 is 35.0 Å². The van der Waals surface area contributed by atoms with Gasteiger partial charge in [0.25, 0.3) is 0 Å². The standard InChI is InChI=1S/C15H17ClFN5O2S/c1-9(14(23)18-10-4-5-13(17)12(16)7-10)25-15-19-20-21-22(15)8-11-3-2-6-24-11/h4-5,7,9,11H,2-3,6,8H2,1H3,(H,18,23)/t9-,11+/m1/s1. The maximum Gasteiger partial charge on any atom is 0.237 e. The van der Waals surface area contributed by atoms with Crippen LogP contribution in [0.3, 0.4) is 0 Å². The van der Waals surface area contributed by atoms with Crippen molar-refractivity contribution in [3.05, 3.63) is 29.0 Å². The number of aromatic nitrogens is 4. The van der Waals surface area contributed by atoms with Crippen LogP contribution in [0.15, 0.2) is 23.4 Å². The van der Waals surface area contributed by atoms with Gasteiger partial charge in [-0.15, -0.1) is 5.10 Å². The zero-order chi connectivity index (χ0) is 17.8. The highest BCUT2D eigenvalue weighted by molar-refractivity contribution is 8.00. The maximum absolute atomic E-state index is 13.2. The number of ether oxygens (including phenoxy) is 1. The summed E-state index contributed by atoms with van der Waals surface area (Å²) >= 11 is 6.97. The quantitative estimate of drug-likeness (QED) is 0.770. The summed E-state index contributed by atoms with van der Waals surface area (Å²) in [5.74, 6) is -0.783. The molecular formula is C15H17ClFN5O2S. The van der Waals surface area contributed by atoms with Crippen LogP contribution >= 0.6 is 23.4 Å². The van der Waals surface area contributed by atoms with Gasteiger partial charge in [0.05, 0.1) is 22.9 Å². The predicted octanol–water partition coefficient (Wildman–Crippen LogP) is 2.76. The molecule has 1 saturated heterocycles. The van der Waals surface area contributed by atoms with Gasteiger partial charge in [0.2, 0.25) is 11.1 Å². The van der Waals surface area contributed by atoms with Crippen LogP contribution in [-0.4, -0.2) is 44.1 Å². The van der Waals surface area contributed by atoms with E-state index in [0.717, 1.165) is 19.4 Å². The summed E-state index contributed by atoms with van der Waals surface area (Å²) in [4.78, 5) is 12.3. The van der Waals surface area contributed by atoms with E-state index < -0.39 is 11.1 Å². The lowest BCUT2D eigenvalue weighted by molar-refractivity contribution is -0.115. The van der Waals surface area contributed by atoms with Gasteiger partial charge in [0.15, 0.2) is 0 Å². The van der Waals surface area contributed by atoms with Crippen molar-refractivity contribution in [2.75, 3.05) is 11.9 Å². The molecule has 3 rings (SSSR count). The van der Waals surface area contributed by atoms with E-state index in [4.69, 9.17) is 16.3 Å². The van der Waals surface area contributed by atoms with Crippen molar-refractivity contribution in [2.45, 2.75) is 42.8 Å². The lowest BCUT2D eigenvalue weighted by Crippen LogP contribution is -2.23. The minimum Gasteiger partial charge on any atom is -0.376 e. The van der Waals surface area contributed by atoms with E-state index in [0.29, 0.717) is 17.4 Å². The molecule has 1 aromatic carbocycles. The molecule has 25 heavy (non-hydrogen) atoms. The topological polar surface area (TPSA) is 81.9 Å². The molecule has 0 bridgehead atoms. The van der Waals surface area contributed by atoms with Crippen LogP contribution in [0.4, 0.5) is 10.1 Å². The van der Waals surface area contributed by atoms with Crippen LogP contribution < -0.4 is 5.32 Å². The second kappa shape index (κ2) is 8.11. The summed E-state index contributed by atoms with van der Waals surface area (Å²) < 4.78 is 20.4. The van der Waals surface area contributed by atoms with E-state index in [1.165, 1.54) is 30.0 Å². The first-order valence-corrected chi connectivity index (χ1v) is 9.09. The van der Waals surface area contributed by atoms with E-state index >= 15 is 0 Å². The van der Waals surface area contributed by atoms with Crippen LogP contribution in [0.25, 0.3) is 0 Å². The molecule has 1 amide bonds. The minimum atomic E-state index is -0.532. The van der Waals surface area contributed by atoms with Gasteiger partial charge in [-0.3, -0.25) is 4.79 Å². The molecule has 1 aliphatic heterocycles. The van der Waals surface area contributed by atoms with Gasteiger partial charge in [-0.2, -0.15) is 0 Å². The first kappa shape index (κ1) is 18.1. The number of nitrogens with one attached hydrogen (secondary N) is 1. The molecule has 7 nitrogen and oxygen atoms in total. The zero-order valence-corrected chi connectivity index (χ0v) is 15.1. The number of carbonyl (C=O) groups is 1. The van der Waals surface area contributed by atoms with E-state index in [-0.39, 0.29) is 17.0 Å². The monoisotopic (exact) mass is 385 g/mol. The molecule has 2 atom stereocenters. The number of amides is 1. The number of thioether (sulfide) groups is 1. The number of rotatable bonds is 6. The summed E-state index contributed by atoms with van der Waals surface area (Å²) in [6.45, 7) is 3.07. The van der Waals surface area contributed by atoms with Gasteiger partial charge in [-0.1, -0.05) is 23.4 Å². The Morgan fingerprint density at radius 3 is 3.16 bits per heavy atom. The molecule has 134 valence electrons. The zero-order valence-electron chi connectivity index (χ0n) is 13.5. The molecule has 1 aliphatic rings. The Morgan fingerprint density at radius 2 is 2.44 bits per heavy atom. The van der Waals surface area contributed by atoms with Gasteiger partial charge >= 0.3 is 0 Å². The largest absolute Gasteiger partial charge is 0.376 e. The number of anilines is 1. The molecule has 0 aliphatic carbocycles. The van der Waals surface area contributed by atoms with Crippen LogP contribution in [-0.2, 0) is 16.1 Å². The van der Waals surface area contributed by atoms with Crippen molar-refractivity contribution in [2.24, 2.45) is 0 Å². The predicted molar refractivity (Wildman–Crippen MR) is 92.1 cm³/mol. The number of halogens is 2.